The highest BCUT2D eigenvalue weighted by Crippen LogP contribution is 2.28. The second-order valence-electron chi connectivity index (χ2n) is 5.13. The van der Waals surface area contributed by atoms with Crippen LogP contribution in [0, 0.1) is 0 Å². The summed E-state index contributed by atoms with van der Waals surface area (Å²) in [6.07, 6.45) is -9.54. The van der Waals surface area contributed by atoms with E-state index in [-0.39, 0.29) is 6.42 Å². The van der Waals surface area contributed by atoms with Crippen LogP contribution in [0.3, 0.4) is 0 Å². The van der Waals surface area contributed by atoms with Crippen LogP contribution in [0.4, 0.5) is 26.3 Å². The Kier molecular flexibility index (Phi) is 5.46. The molecule has 1 atom stereocenters. The Morgan fingerprint density at radius 1 is 0.800 bits per heavy atom. The van der Waals surface area contributed by atoms with Crippen molar-refractivity contribution in [1.82, 2.24) is 0 Å². The summed E-state index contributed by atoms with van der Waals surface area (Å²) in [6.45, 7) is 0. The second kappa shape index (κ2) is 7.22. The summed E-state index contributed by atoms with van der Waals surface area (Å²) in [4.78, 5) is 0. The summed E-state index contributed by atoms with van der Waals surface area (Å²) in [5, 5.41) is 0. The zero-order valence-corrected chi connectivity index (χ0v) is 12.6. The SMILES string of the molecule is N[C@@H](Cc1cccc(OC(F)(F)F)c1)c1cccc(OC(F)(F)F)c1. The molecule has 0 heterocycles. The summed E-state index contributed by atoms with van der Waals surface area (Å²) < 4.78 is 81.0. The lowest BCUT2D eigenvalue weighted by Crippen LogP contribution is -2.18. The number of alkyl halides is 6. The van der Waals surface area contributed by atoms with Crippen molar-refractivity contribution >= 4 is 0 Å². The summed E-state index contributed by atoms with van der Waals surface area (Å²) in [6, 6.07) is 9.59. The molecule has 0 amide bonds. The highest BCUT2D eigenvalue weighted by atomic mass is 19.4. The van der Waals surface area contributed by atoms with Crippen molar-refractivity contribution in [2.24, 2.45) is 5.73 Å². The van der Waals surface area contributed by atoms with Crippen molar-refractivity contribution in [3.05, 3.63) is 59.7 Å². The number of halogens is 6. The maximum absolute atomic E-state index is 12.2. The third-order valence-electron chi connectivity index (χ3n) is 3.11. The van der Waals surface area contributed by atoms with Crippen LogP contribution in [0.5, 0.6) is 11.5 Å². The molecule has 0 aliphatic carbocycles. The van der Waals surface area contributed by atoms with E-state index in [1.54, 1.807) is 6.07 Å². The van der Waals surface area contributed by atoms with Gasteiger partial charge in [-0.1, -0.05) is 24.3 Å². The van der Waals surface area contributed by atoms with Crippen molar-refractivity contribution in [3.63, 3.8) is 0 Å². The van der Waals surface area contributed by atoms with Crippen LogP contribution < -0.4 is 15.2 Å². The molecule has 2 N–H and O–H groups in total. The second-order valence-corrected chi connectivity index (χ2v) is 5.13. The van der Waals surface area contributed by atoms with Crippen LogP contribution in [-0.2, 0) is 6.42 Å². The molecule has 0 saturated carbocycles. The van der Waals surface area contributed by atoms with E-state index >= 15 is 0 Å². The summed E-state index contributed by atoms with van der Waals surface area (Å²) >= 11 is 0. The zero-order valence-electron chi connectivity index (χ0n) is 12.6. The Balaban J connectivity index is 2.10. The van der Waals surface area contributed by atoms with Gasteiger partial charge in [-0.2, -0.15) is 0 Å². The first kappa shape index (κ1) is 18.9. The molecule has 0 radical (unpaired) electrons. The van der Waals surface area contributed by atoms with Gasteiger partial charge in [-0.3, -0.25) is 0 Å². The van der Waals surface area contributed by atoms with Crippen molar-refractivity contribution in [2.45, 2.75) is 25.2 Å². The van der Waals surface area contributed by atoms with Crippen LogP contribution >= 0.6 is 0 Å². The molecule has 2 rings (SSSR count). The highest BCUT2D eigenvalue weighted by molar-refractivity contribution is 5.34. The van der Waals surface area contributed by atoms with Gasteiger partial charge >= 0.3 is 12.7 Å². The van der Waals surface area contributed by atoms with Crippen LogP contribution in [-0.4, -0.2) is 12.7 Å². The van der Waals surface area contributed by atoms with Gasteiger partial charge in [0.05, 0.1) is 0 Å². The monoisotopic (exact) mass is 365 g/mol. The van der Waals surface area contributed by atoms with Gasteiger partial charge in [-0.25, -0.2) is 0 Å². The van der Waals surface area contributed by atoms with Crippen molar-refractivity contribution in [1.29, 1.82) is 0 Å². The Labute approximate surface area is 139 Å². The van der Waals surface area contributed by atoms with Gasteiger partial charge < -0.3 is 15.2 Å². The highest BCUT2D eigenvalue weighted by Gasteiger charge is 2.32. The fourth-order valence-electron chi connectivity index (χ4n) is 2.18. The molecule has 3 nitrogen and oxygen atoms in total. The molecular formula is C16H13F6NO2. The molecule has 0 aliphatic rings. The van der Waals surface area contributed by atoms with Gasteiger partial charge in [0.1, 0.15) is 11.5 Å². The Morgan fingerprint density at radius 2 is 1.32 bits per heavy atom. The predicted molar refractivity (Wildman–Crippen MR) is 76.9 cm³/mol. The predicted octanol–water partition coefficient (Wildman–Crippen LogP) is 4.73. The molecule has 25 heavy (non-hydrogen) atoms. The molecule has 2 aromatic carbocycles. The van der Waals surface area contributed by atoms with Crippen molar-refractivity contribution in [2.75, 3.05) is 0 Å². The third kappa shape index (κ3) is 6.54. The van der Waals surface area contributed by atoms with E-state index in [0.29, 0.717) is 11.1 Å². The standard InChI is InChI=1S/C16H13F6NO2/c17-15(18,19)24-12-5-1-3-10(7-12)8-14(23)11-4-2-6-13(9-11)25-16(20,21)22/h1-7,9,14H,8,23H2/t14-/m0/s1. The Bertz CT molecular complexity index is 714. The summed E-state index contributed by atoms with van der Waals surface area (Å²) in [5.74, 6) is -0.819. The van der Waals surface area contributed by atoms with Crippen LogP contribution in [0.15, 0.2) is 48.5 Å². The van der Waals surface area contributed by atoms with Gasteiger partial charge in [0.15, 0.2) is 0 Å². The Morgan fingerprint density at radius 3 is 1.88 bits per heavy atom. The molecule has 0 spiro atoms. The topological polar surface area (TPSA) is 44.5 Å². The molecule has 0 saturated heterocycles. The number of hydrogen-bond acceptors (Lipinski definition) is 3. The summed E-state index contributed by atoms with van der Waals surface area (Å²) in [7, 11) is 0. The largest absolute Gasteiger partial charge is 0.573 e. The van der Waals surface area contributed by atoms with Gasteiger partial charge in [0.2, 0.25) is 0 Å². The van der Waals surface area contributed by atoms with E-state index in [1.807, 2.05) is 0 Å². The van der Waals surface area contributed by atoms with Crippen molar-refractivity contribution < 1.29 is 35.8 Å². The number of nitrogens with two attached hydrogens (primary N) is 1. The minimum atomic E-state index is -4.83. The minimum Gasteiger partial charge on any atom is -0.406 e. The number of hydrogen-bond donors (Lipinski definition) is 1. The van der Waals surface area contributed by atoms with E-state index in [1.165, 1.54) is 24.3 Å². The van der Waals surface area contributed by atoms with Gasteiger partial charge in [-0.05, 0) is 41.8 Å². The lowest BCUT2D eigenvalue weighted by atomic mass is 9.99. The van der Waals surface area contributed by atoms with Crippen molar-refractivity contribution in [3.8, 4) is 11.5 Å². The average Bonchev–Trinajstić information content (AvgIpc) is 2.44. The Hall–Kier alpha value is -2.42. The number of rotatable bonds is 5. The first-order valence-corrected chi connectivity index (χ1v) is 6.98. The smallest absolute Gasteiger partial charge is 0.406 e. The van der Waals surface area contributed by atoms with Gasteiger partial charge in [0, 0.05) is 6.04 Å². The first-order valence-electron chi connectivity index (χ1n) is 6.98. The third-order valence-corrected chi connectivity index (χ3v) is 3.11. The van der Waals surface area contributed by atoms with Crippen LogP contribution in [0.1, 0.15) is 17.2 Å². The number of benzene rings is 2. The van der Waals surface area contributed by atoms with E-state index < -0.39 is 30.3 Å². The maximum atomic E-state index is 12.2. The molecule has 0 aromatic heterocycles. The zero-order chi connectivity index (χ0) is 18.7. The average molecular weight is 365 g/mol. The molecular weight excluding hydrogens is 352 g/mol. The number of ether oxygens (including phenoxy) is 2. The molecule has 0 fully saturated rings. The molecule has 2 aromatic rings. The fourth-order valence-corrected chi connectivity index (χ4v) is 2.18. The normalized spacial score (nSPS) is 13.4. The van der Waals surface area contributed by atoms with E-state index in [4.69, 9.17) is 5.73 Å². The molecule has 9 heteroatoms. The maximum Gasteiger partial charge on any atom is 0.573 e. The first-order chi connectivity index (χ1) is 11.5. The quantitative estimate of drug-likeness (QED) is 0.780. The fraction of sp³-hybridized carbons (Fsp3) is 0.250. The molecule has 0 unspecified atom stereocenters. The lowest BCUT2D eigenvalue weighted by Gasteiger charge is -2.15. The van der Waals surface area contributed by atoms with Crippen LogP contribution in [0.25, 0.3) is 0 Å². The van der Waals surface area contributed by atoms with E-state index in [2.05, 4.69) is 9.47 Å². The molecule has 136 valence electrons. The lowest BCUT2D eigenvalue weighted by molar-refractivity contribution is -0.275. The van der Waals surface area contributed by atoms with E-state index in [9.17, 15) is 26.3 Å². The molecule has 0 bridgehead atoms. The van der Waals surface area contributed by atoms with Gasteiger partial charge in [-0.15, -0.1) is 26.3 Å². The summed E-state index contributed by atoms with van der Waals surface area (Å²) in [5.41, 5.74) is 6.73. The van der Waals surface area contributed by atoms with Gasteiger partial charge in [0.25, 0.3) is 0 Å². The minimum absolute atomic E-state index is 0.102. The van der Waals surface area contributed by atoms with Crippen LogP contribution in [0.2, 0.25) is 0 Å². The van der Waals surface area contributed by atoms with E-state index in [0.717, 1.165) is 18.2 Å². The molecule has 0 aliphatic heterocycles.